The average Bonchev–Trinajstić information content (AvgIpc) is 3.19. The monoisotopic (exact) mass is 387 g/mol. The molecule has 0 atom stereocenters. The highest BCUT2D eigenvalue weighted by molar-refractivity contribution is 9.11. The van der Waals surface area contributed by atoms with Gasteiger partial charge in [0.25, 0.3) is 5.91 Å². The molecule has 0 N–H and O–H groups in total. The topological polar surface area (TPSA) is 20.3 Å². The number of amides is 1. The molecule has 110 valence electrons. The van der Waals surface area contributed by atoms with E-state index in [4.69, 9.17) is 11.6 Å². The van der Waals surface area contributed by atoms with Crippen molar-refractivity contribution in [2.24, 2.45) is 0 Å². The molecule has 2 nitrogen and oxygen atoms in total. The van der Waals surface area contributed by atoms with Crippen LogP contribution in [0.5, 0.6) is 0 Å². The molecule has 0 radical (unpaired) electrons. The van der Waals surface area contributed by atoms with Crippen molar-refractivity contribution in [3.8, 4) is 0 Å². The lowest BCUT2D eigenvalue weighted by Crippen LogP contribution is -2.32. The lowest BCUT2D eigenvalue weighted by Gasteiger charge is -2.23. The van der Waals surface area contributed by atoms with Gasteiger partial charge in [0.1, 0.15) is 5.82 Å². The lowest BCUT2D eigenvalue weighted by molar-refractivity contribution is 0.0729. The number of carbonyl (C=O) groups excluding carboxylic acids is 1. The zero-order chi connectivity index (χ0) is 15.0. The standard InChI is InChI=1S/C15H12BrClFNOS/c16-14-6-9(8-21-14)15(20)19(10-4-5-10)7-11-12(17)2-1-3-13(11)18/h1-3,6,8,10H,4-5,7H2. The van der Waals surface area contributed by atoms with E-state index in [1.54, 1.807) is 23.1 Å². The minimum absolute atomic E-state index is 0.0706. The molecule has 1 heterocycles. The Morgan fingerprint density at radius 1 is 1.48 bits per heavy atom. The van der Waals surface area contributed by atoms with E-state index in [1.807, 2.05) is 5.38 Å². The van der Waals surface area contributed by atoms with Crippen LogP contribution in [0.1, 0.15) is 28.8 Å². The van der Waals surface area contributed by atoms with Crippen molar-refractivity contribution in [2.45, 2.75) is 25.4 Å². The molecule has 0 aliphatic heterocycles. The van der Waals surface area contributed by atoms with Gasteiger partial charge in [-0.05, 0) is 47.0 Å². The molecule has 0 spiro atoms. The molecule has 1 aliphatic carbocycles. The Hall–Kier alpha value is -0.910. The van der Waals surface area contributed by atoms with E-state index in [9.17, 15) is 9.18 Å². The molecule has 1 amide bonds. The van der Waals surface area contributed by atoms with Gasteiger partial charge in [0.2, 0.25) is 0 Å². The van der Waals surface area contributed by atoms with E-state index >= 15 is 0 Å². The quantitative estimate of drug-likeness (QED) is 0.713. The fraction of sp³-hybridized carbons (Fsp3) is 0.267. The highest BCUT2D eigenvalue weighted by Gasteiger charge is 2.34. The summed E-state index contributed by atoms with van der Waals surface area (Å²) in [5.41, 5.74) is 1.01. The smallest absolute Gasteiger partial charge is 0.255 e. The van der Waals surface area contributed by atoms with Crippen molar-refractivity contribution in [3.05, 3.63) is 55.4 Å². The minimum Gasteiger partial charge on any atom is -0.331 e. The molecule has 0 bridgehead atoms. The largest absolute Gasteiger partial charge is 0.331 e. The number of benzene rings is 1. The fourth-order valence-corrected chi connectivity index (χ4v) is 3.55. The first-order valence-electron chi connectivity index (χ1n) is 6.54. The van der Waals surface area contributed by atoms with Gasteiger partial charge in [-0.25, -0.2) is 4.39 Å². The summed E-state index contributed by atoms with van der Waals surface area (Å²) in [6.45, 7) is 0.211. The lowest BCUT2D eigenvalue weighted by atomic mass is 10.1. The van der Waals surface area contributed by atoms with Gasteiger partial charge in [0.05, 0.1) is 15.9 Å². The molecule has 1 saturated carbocycles. The Balaban J connectivity index is 1.87. The van der Waals surface area contributed by atoms with Crippen molar-refractivity contribution in [2.75, 3.05) is 0 Å². The van der Waals surface area contributed by atoms with Crippen LogP contribution in [0.4, 0.5) is 4.39 Å². The van der Waals surface area contributed by atoms with Crippen molar-refractivity contribution in [1.29, 1.82) is 0 Å². The first kappa shape index (κ1) is 15.0. The van der Waals surface area contributed by atoms with E-state index < -0.39 is 0 Å². The second-order valence-corrected chi connectivity index (χ2v) is 7.70. The molecule has 0 unspecified atom stereocenters. The summed E-state index contributed by atoms with van der Waals surface area (Å²) in [6.07, 6.45) is 1.92. The molecule has 21 heavy (non-hydrogen) atoms. The van der Waals surface area contributed by atoms with Crippen LogP contribution >= 0.6 is 38.9 Å². The second kappa shape index (κ2) is 6.07. The zero-order valence-corrected chi connectivity index (χ0v) is 14.1. The van der Waals surface area contributed by atoms with E-state index in [-0.39, 0.29) is 24.3 Å². The van der Waals surface area contributed by atoms with Gasteiger partial charge in [0.15, 0.2) is 0 Å². The predicted octanol–water partition coefficient (Wildman–Crippen LogP) is 5.11. The summed E-state index contributed by atoms with van der Waals surface area (Å²) < 4.78 is 14.8. The van der Waals surface area contributed by atoms with Crippen molar-refractivity contribution < 1.29 is 9.18 Å². The third-order valence-electron chi connectivity index (χ3n) is 3.45. The van der Waals surface area contributed by atoms with E-state index in [1.165, 1.54) is 17.4 Å². The van der Waals surface area contributed by atoms with Crippen LogP contribution in [-0.2, 0) is 6.54 Å². The summed E-state index contributed by atoms with van der Waals surface area (Å²) in [5, 5.41) is 2.17. The van der Waals surface area contributed by atoms with Crippen molar-refractivity contribution >= 4 is 44.8 Å². The van der Waals surface area contributed by atoms with Crippen LogP contribution in [0.15, 0.2) is 33.4 Å². The van der Waals surface area contributed by atoms with Gasteiger partial charge in [-0.1, -0.05) is 17.7 Å². The maximum Gasteiger partial charge on any atom is 0.255 e. The molecule has 1 fully saturated rings. The highest BCUT2D eigenvalue weighted by atomic mass is 79.9. The number of nitrogens with zero attached hydrogens (tertiary/aromatic N) is 1. The van der Waals surface area contributed by atoms with Crippen molar-refractivity contribution in [1.82, 2.24) is 4.90 Å². The summed E-state index contributed by atoms with van der Waals surface area (Å²) in [5.74, 6) is -0.439. The summed E-state index contributed by atoms with van der Waals surface area (Å²) >= 11 is 10.9. The molecular weight excluding hydrogens is 377 g/mol. The molecular formula is C15H12BrClFNOS. The highest BCUT2D eigenvalue weighted by Crippen LogP contribution is 2.33. The van der Waals surface area contributed by atoms with Crippen LogP contribution in [0, 0.1) is 5.82 Å². The molecule has 1 aromatic heterocycles. The van der Waals surface area contributed by atoms with Crippen molar-refractivity contribution in [3.63, 3.8) is 0 Å². The Morgan fingerprint density at radius 2 is 2.24 bits per heavy atom. The predicted molar refractivity (Wildman–Crippen MR) is 86.3 cm³/mol. The molecule has 6 heteroatoms. The van der Waals surface area contributed by atoms with E-state index in [2.05, 4.69) is 15.9 Å². The summed E-state index contributed by atoms with van der Waals surface area (Å²) in [7, 11) is 0. The molecule has 1 aromatic carbocycles. The molecule has 2 aromatic rings. The normalized spacial score (nSPS) is 14.2. The van der Waals surface area contributed by atoms with Gasteiger partial charge in [-0.15, -0.1) is 11.3 Å². The van der Waals surface area contributed by atoms with Gasteiger partial charge in [-0.2, -0.15) is 0 Å². The number of halogens is 3. The Bertz CT molecular complexity index is 666. The second-order valence-electron chi connectivity index (χ2n) is 5.00. The molecule has 0 saturated heterocycles. The number of rotatable bonds is 4. The first-order valence-corrected chi connectivity index (χ1v) is 8.59. The number of thiophene rings is 1. The fourth-order valence-electron chi connectivity index (χ4n) is 2.19. The maximum atomic E-state index is 13.9. The Kier molecular flexibility index (Phi) is 4.33. The van der Waals surface area contributed by atoms with Crippen LogP contribution in [0.2, 0.25) is 5.02 Å². The Labute approximate surface area is 139 Å². The van der Waals surface area contributed by atoms with Crippen LogP contribution in [-0.4, -0.2) is 16.8 Å². The third kappa shape index (κ3) is 3.30. The number of carbonyl (C=O) groups is 1. The van der Waals surface area contributed by atoms with Gasteiger partial charge < -0.3 is 4.90 Å². The van der Waals surface area contributed by atoms with Gasteiger partial charge in [-0.3, -0.25) is 4.79 Å². The molecule has 1 aliphatic rings. The third-order valence-corrected chi connectivity index (χ3v) is 5.31. The molecule has 3 rings (SSSR count). The SMILES string of the molecule is O=C(c1csc(Br)c1)N(Cc1c(F)cccc1Cl)C1CC1. The van der Waals surface area contributed by atoms with E-state index in [0.29, 0.717) is 16.1 Å². The number of hydrogen-bond donors (Lipinski definition) is 0. The first-order chi connectivity index (χ1) is 10.1. The van der Waals surface area contributed by atoms with E-state index in [0.717, 1.165) is 16.6 Å². The average molecular weight is 389 g/mol. The van der Waals surface area contributed by atoms with Gasteiger partial charge in [0, 0.05) is 22.0 Å². The van der Waals surface area contributed by atoms with Gasteiger partial charge >= 0.3 is 0 Å². The van der Waals surface area contributed by atoms with Crippen LogP contribution in [0.3, 0.4) is 0 Å². The number of hydrogen-bond acceptors (Lipinski definition) is 2. The zero-order valence-electron chi connectivity index (χ0n) is 11.0. The minimum atomic E-state index is -0.368. The maximum absolute atomic E-state index is 13.9. The van der Waals surface area contributed by atoms with Crippen LogP contribution in [0.25, 0.3) is 0 Å². The van der Waals surface area contributed by atoms with Crippen LogP contribution < -0.4 is 0 Å². The summed E-state index contributed by atoms with van der Waals surface area (Å²) in [6, 6.07) is 6.58. The Morgan fingerprint density at radius 3 is 2.81 bits per heavy atom. The summed E-state index contributed by atoms with van der Waals surface area (Å²) in [4.78, 5) is 14.3.